The van der Waals surface area contributed by atoms with Crippen LogP contribution in [0.2, 0.25) is 0 Å². The van der Waals surface area contributed by atoms with Crippen molar-refractivity contribution in [2.45, 2.75) is 6.42 Å². The van der Waals surface area contributed by atoms with Gasteiger partial charge in [-0.25, -0.2) is 0 Å². The maximum Gasteiger partial charge on any atom is 0.255 e. The van der Waals surface area contributed by atoms with E-state index >= 15 is 0 Å². The molecule has 112 valence electrons. The van der Waals surface area contributed by atoms with E-state index in [1.54, 1.807) is 25.1 Å². The Balaban J connectivity index is 2.12. The quantitative estimate of drug-likeness (QED) is 0.772. The molecule has 1 aromatic heterocycles. The van der Waals surface area contributed by atoms with Crippen LogP contribution in [-0.4, -0.2) is 41.8 Å². The van der Waals surface area contributed by atoms with Crippen LogP contribution in [0.5, 0.6) is 5.75 Å². The average Bonchev–Trinajstić information content (AvgIpc) is 3.01. The molecule has 5 nitrogen and oxygen atoms in total. The zero-order valence-electron chi connectivity index (χ0n) is 12.2. The fourth-order valence-corrected chi connectivity index (χ4v) is 2.40. The minimum atomic E-state index is -0.109. The Bertz CT molecular complexity index is 598. The van der Waals surface area contributed by atoms with E-state index in [0.29, 0.717) is 17.8 Å². The van der Waals surface area contributed by atoms with Crippen molar-refractivity contribution < 1.29 is 9.53 Å². The minimum Gasteiger partial charge on any atom is -0.497 e. The third kappa shape index (κ3) is 4.01. The number of thioether (sulfide) groups is 1. The highest BCUT2D eigenvalue weighted by atomic mass is 32.2. The molecule has 2 N–H and O–H groups in total. The average molecular weight is 305 g/mol. The first-order valence-electron chi connectivity index (χ1n) is 6.71. The predicted octanol–water partition coefficient (Wildman–Crippen LogP) is 2.57. The molecule has 2 aromatic rings. The highest BCUT2D eigenvalue weighted by Gasteiger charge is 2.15. The Morgan fingerprint density at radius 3 is 3.10 bits per heavy atom. The molecule has 0 aliphatic carbocycles. The number of benzene rings is 1. The number of hydrogen-bond donors (Lipinski definition) is 2. The molecule has 0 bridgehead atoms. The molecule has 0 aliphatic heterocycles. The number of rotatable bonds is 7. The van der Waals surface area contributed by atoms with Crippen molar-refractivity contribution in [1.29, 1.82) is 0 Å². The van der Waals surface area contributed by atoms with Crippen molar-refractivity contribution in [3.05, 3.63) is 36.0 Å². The van der Waals surface area contributed by atoms with Crippen LogP contribution >= 0.6 is 11.8 Å². The second kappa shape index (κ2) is 7.73. The third-order valence-corrected chi connectivity index (χ3v) is 3.75. The Morgan fingerprint density at radius 1 is 1.48 bits per heavy atom. The van der Waals surface area contributed by atoms with E-state index in [-0.39, 0.29) is 5.91 Å². The van der Waals surface area contributed by atoms with Gasteiger partial charge in [0.25, 0.3) is 5.91 Å². The normalized spacial score (nSPS) is 10.4. The summed E-state index contributed by atoms with van der Waals surface area (Å²) in [6.07, 6.45) is 4.57. The lowest BCUT2D eigenvalue weighted by atomic mass is 10.1. The molecular formula is C15H19N3O2S. The number of amides is 1. The van der Waals surface area contributed by atoms with E-state index < -0.39 is 0 Å². The lowest BCUT2D eigenvalue weighted by molar-refractivity contribution is 0.0954. The number of carbonyl (C=O) groups is 1. The van der Waals surface area contributed by atoms with Gasteiger partial charge in [-0.2, -0.15) is 16.9 Å². The number of nitrogens with one attached hydrogen (secondary N) is 2. The highest BCUT2D eigenvalue weighted by Crippen LogP contribution is 2.24. The lowest BCUT2D eigenvalue weighted by Crippen LogP contribution is -2.24. The Kier molecular flexibility index (Phi) is 5.68. The minimum absolute atomic E-state index is 0.109. The van der Waals surface area contributed by atoms with Gasteiger partial charge in [0.15, 0.2) is 0 Å². The van der Waals surface area contributed by atoms with Gasteiger partial charge in [-0.1, -0.05) is 12.1 Å². The summed E-state index contributed by atoms with van der Waals surface area (Å²) in [6, 6.07) is 7.54. The first-order chi connectivity index (χ1) is 10.3. The van der Waals surface area contributed by atoms with Crippen LogP contribution in [0, 0.1) is 0 Å². The second-order valence-electron chi connectivity index (χ2n) is 4.49. The molecule has 0 saturated carbocycles. The summed E-state index contributed by atoms with van der Waals surface area (Å²) in [5, 5.41) is 9.79. The SMILES string of the molecule is COc1cccc(-c2[nH]ncc2C(=O)NCCCSC)c1. The molecule has 6 heteroatoms. The van der Waals surface area contributed by atoms with Crippen LogP contribution < -0.4 is 10.1 Å². The summed E-state index contributed by atoms with van der Waals surface area (Å²) in [5.41, 5.74) is 2.13. The van der Waals surface area contributed by atoms with Crippen LogP contribution in [0.25, 0.3) is 11.3 Å². The zero-order chi connectivity index (χ0) is 15.1. The van der Waals surface area contributed by atoms with Gasteiger partial charge in [0, 0.05) is 12.1 Å². The van der Waals surface area contributed by atoms with Crippen LogP contribution in [0.15, 0.2) is 30.5 Å². The summed E-state index contributed by atoms with van der Waals surface area (Å²) in [6.45, 7) is 0.669. The number of H-pyrrole nitrogens is 1. The van der Waals surface area contributed by atoms with E-state index in [1.165, 1.54) is 0 Å². The standard InChI is InChI=1S/C15H19N3O2S/c1-20-12-6-3-5-11(9-12)14-13(10-17-18-14)15(19)16-7-4-8-21-2/h3,5-6,9-10H,4,7-8H2,1-2H3,(H,16,19)(H,17,18). The number of nitrogens with zero attached hydrogens (tertiary/aromatic N) is 1. The highest BCUT2D eigenvalue weighted by molar-refractivity contribution is 7.98. The Labute approximate surface area is 128 Å². The summed E-state index contributed by atoms with van der Waals surface area (Å²) < 4.78 is 5.21. The number of carbonyl (C=O) groups excluding carboxylic acids is 1. The van der Waals surface area contributed by atoms with Crippen molar-refractivity contribution in [1.82, 2.24) is 15.5 Å². The summed E-state index contributed by atoms with van der Waals surface area (Å²) in [7, 11) is 1.62. The second-order valence-corrected chi connectivity index (χ2v) is 5.48. The summed E-state index contributed by atoms with van der Waals surface area (Å²) in [4.78, 5) is 12.2. The Hall–Kier alpha value is -1.95. The van der Waals surface area contributed by atoms with Gasteiger partial charge in [0.2, 0.25) is 0 Å². The maximum absolute atomic E-state index is 12.2. The lowest BCUT2D eigenvalue weighted by Gasteiger charge is -2.06. The van der Waals surface area contributed by atoms with E-state index in [1.807, 2.05) is 24.3 Å². The number of aromatic amines is 1. The Morgan fingerprint density at radius 2 is 2.33 bits per heavy atom. The smallest absolute Gasteiger partial charge is 0.255 e. The van der Waals surface area contributed by atoms with E-state index in [2.05, 4.69) is 21.8 Å². The van der Waals surface area contributed by atoms with Crippen molar-refractivity contribution in [3.63, 3.8) is 0 Å². The molecule has 0 unspecified atom stereocenters. The molecule has 1 amide bonds. The number of ether oxygens (including phenoxy) is 1. The zero-order valence-corrected chi connectivity index (χ0v) is 13.0. The van der Waals surface area contributed by atoms with Crippen molar-refractivity contribution in [2.75, 3.05) is 25.7 Å². The first-order valence-corrected chi connectivity index (χ1v) is 8.10. The number of hydrogen-bond acceptors (Lipinski definition) is 4. The van der Waals surface area contributed by atoms with Crippen molar-refractivity contribution >= 4 is 17.7 Å². The molecule has 21 heavy (non-hydrogen) atoms. The predicted molar refractivity (Wildman–Crippen MR) is 85.9 cm³/mol. The molecule has 0 radical (unpaired) electrons. The molecule has 1 heterocycles. The van der Waals surface area contributed by atoms with Gasteiger partial charge in [-0.3, -0.25) is 9.89 Å². The molecule has 0 aliphatic rings. The molecule has 1 aromatic carbocycles. The summed E-state index contributed by atoms with van der Waals surface area (Å²) in [5.74, 6) is 1.67. The van der Waals surface area contributed by atoms with E-state index in [9.17, 15) is 4.79 Å². The molecule has 0 saturated heterocycles. The van der Waals surface area contributed by atoms with Gasteiger partial charge in [0.1, 0.15) is 5.75 Å². The molecule has 0 fully saturated rings. The van der Waals surface area contributed by atoms with Crippen LogP contribution in [-0.2, 0) is 0 Å². The van der Waals surface area contributed by atoms with Crippen LogP contribution in [0.3, 0.4) is 0 Å². The van der Waals surface area contributed by atoms with Gasteiger partial charge >= 0.3 is 0 Å². The van der Waals surface area contributed by atoms with Crippen molar-refractivity contribution in [3.8, 4) is 17.0 Å². The largest absolute Gasteiger partial charge is 0.497 e. The van der Waals surface area contributed by atoms with Gasteiger partial charge in [0.05, 0.1) is 24.6 Å². The topological polar surface area (TPSA) is 67.0 Å². The monoisotopic (exact) mass is 305 g/mol. The number of methoxy groups -OCH3 is 1. The van der Waals surface area contributed by atoms with Gasteiger partial charge in [-0.15, -0.1) is 0 Å². The number of aromatic nitrogens is 2. The van der Waals surface area contributed by atoms with Crippen molar-refractivity contribution in [2.24, 2.45) is 0 Å². The molecular weight excluding hydrogens is 286 g/mol. The maximum atomic E-state index is 12.2. The van der Waals surface area contributed by atoms with E-state index in [4.69, 9.17) is 4.74 Å². The van der Waals surface area contributed by atoms with Crippen LogP contribution in [0.1, 0.15) is 16.8 Å². The van der Waals surface area contributed by atoms with Gasteiger partial charge in [-0.05, 0) is 30.6 Å². The fourth-order valence-electron chi connectivity index (χ4n) is 1.97. The first kappa shape index (κ1) is 15.4. The third-order valence-electron chi connectivity index (χ3n) is 3.05. The molecule has 0 atom stereocenters. The molecule has 0 spiro atoms. The van der Waals surface area contributed by atoms with Gasteiger partial charge < -0.3 is 10.1 Å². The van der Waals surface area contributed by atoms with E-state index in [0.717, 1.165) is 23.5 Å². The van der Waals surface area contributed by atoms with Crippen LogP contribution in [0.4, 0.5) is 0 Å². The molecule has 2 rings (SSSR count). The fraction of sp³-hybridized carbons (Fsp3) is 0.333. The summed E-state index contributed by atoms with van der Waals surface area (Å²) >= 11 is 1.77.